The van der Waals surface area contributed by atoms with Gasteiger partial charge in [-0.3, -0.25) is 14.3 Å². The monoisotopic (exact) mass is 421 g/mol. The Bertz CT molecular complexity index is 661. The Morgan fingerprint density at radius 2 is 2.03 bits per heavy atom. The highest BCUT2D eigenvalue weighted by Crippen LogP contribution is 2.45. The molecule has 2 N–H and O–H groups in total. The SMILES string of the molecule is CCOP(=O)(CCCCCCNC(=O)/C=C/c1cccnc1)NC1CCCCC1. The number of pyridine rings is 1. The van der Waals surface area contributed by atoms with E-state index in [0.29, 0.717) is 25.4 Å². The summed E-state index contributed by atoms with van der Waals surface area (Å²) in [4.78, 5) is 15.8. The highest BCUT2D eigenvalue weighted by atomic mass is 31.2. The summed E-state index contributed by atoms with van der Waals surface area (Å²) >= 11 is 0. The minimum atomic E-state index is -2.73. The van der Waals surface area contributed by atoms with Gasteiger partial charge in [-0.15, -0.1) is 0 Å². The van der Waals surface area contributed by atoms with Crippen molar-refractivity contribution < 1.29 is 13.9 Å². The third-order valence-corrected chi connectivity index (χ3v) is 7.45. The molecule has 2 rings (SSSR count). The molecule has 0 radical (unpaired) electrons. The normalized spacial score (nSPS) is 17.3. The molecule has 0 saturated heterocycles. The summed E-state index contributed by atoms with van der Waals surface area (Å²) in [7, 11) is -2.73. The molecule has 1 atom stereocenters. The van der Waals surface area contributed by atoms with Gasteiger partial charge >= 0.3 is 0 Å². The minimum Gasteiger partial charge on any atom is -0.353 e. The predicted octanol–water partition coefficient (Wildman–Crippen LogP) is 4.92. The van der Waals surface area contributed by atoms with Crippen molar-refractivity contribution in [3.63, 3.8) is 0 Å². The molecule has 1 aromatic rings. The zero-order valence-corrected chi connectivity index (χ0v) is 18.5. The Morgan fingerprint density at radius 3 is 2.76 bits per heavy atom. The number of carbonyl (C=O) groups excluding carboxylic acids is 1. The van der Waals surface area contributed by atoms with Crippen molar-refractivity contribution in [3.8, 4) is 0 Å². The Morgan fingerprint density at radius 1 is 1.24 bits per heavy atom. The van der Waals surface area contributed by atoms with Crippen LogP contribution in [0.5, 0.6) is 0 Å². The van der Waals surface area contributed by atoms with Gasteiger partial charge in [0.15, 0.2) is 0 Å². The van der Waals surface area contributed by atoms with Crippen LogP contribution in [0.1, 0.15) is 70.3 Å². The van der Waals surface area contributed by atoms with E-state index in [9.17, 15) is 9.36 Å². The van der Waals surface area contributed by atoms with Crippen LogP contribution in [0.4, 0.5) is 0 Å². The molecule has 1 fully saturated rings. The maximum atomic E-state index is 13.0. The number of nitrogens with zero attached hydrogens (tertiary/aromatic N) is 1. The molecule has 0 aliphatic heterocycles. The number of hydrogen-bond donors (Lipinski definition) is 2. The van der Waals surface area contributed by atoms with Crippen molar-refractivity contribution in [3.05, 3.63) is 36.2 Å². The fraction of sp³-hybridized carbons (Fsp3) is 0.636. The molecular weight excluding hydrogens is 385 g/mol. The molecule has 0 aromatic carbocycles. The molecule has 162 valence electrons. The highest BCUT2D eigenvalue weighted by molar-refractivity contribution is 7.56. The molecular formula is C22H36N3O3P. The Hall–Kier alpha value is -1.49. The summed E-state index contributed by atoms with van der Waals surface area (Å²) in [5, 5.41) is 6.24. The van der Waals surface area contributed by atoms with Crippen LogP contribution < -0.4 is 10.4 Å². The van der Waals surface area contributed by atoms with Crippen LogP contribution in [0, 0.1) is 0 Å². The third-order valence-electron chi connectivity index (χ3n) is 5.11. The zero-order chi connectivity index (χ0) is 20.8. The Balaban J connectivity index is 1.57. The highest BCUT2D eigenvalue weighted by Gasteiger charge is 2.26. The first-order chi connectivity index (χ1) is 14.1. The van der Waals surface area contributed by atoms with Crippen LogP contribution in [0.15, 0.2) is 30.6 Å². The number of rotatable bonds is 13. The summed E-state index contributed by atoms with van der Waals surface area (Å²) in [5.74, 6) is -0.0913. The molecule has 1 aliphatic carbocycles. The second kappa shape index (κ2) is 13.7. The number of carbonyl (C=O) groups is 1. The number of hydrogen-bond acceptors (Lipinski definition) is 4. The number of amides is 1. The van der Waals surface area contributed by atoms with Gasteiger partial charge in [-0.25, -0.2) is 5.09 Å². The Labute approximate surface area is 175 Å². The van der Waals surface area contributed by atoms with Crippen LogP contribution in [-0.4, -0.2) is 36.2 Å². The molecule has 7 heteroatoms. The Kier molecular flexibility index (Phi) is 11.2. The first-order valence-electron chi connectivity index (χ1n) is 11.0. The van der Waals surface area contributed by atoms with Gasteiger partial charge in [-0.2, -0.15) is 0 Å². The lowest BCUT2D eigenvalue weighted by Crippen LogP contribution is -2.30. The standard InChI is InChI=1S/C22H36N3O3P/c1-2-28-29(27,25-21-12-6-5-7-13-21)18-9-4-3-8-17-24-22(26)15-14-20-11-10-16-23-19-20/h10-11,14-16,19,21H,2-9,12-13,17-18H2,1H3,(H,24,26)(H,25,27)/b15-14+. The first kappa shape index (κ1) is 23.8. The average molecular weight is 422 g/mol. The maximum Gasteiger partial charge on any atom is 0.270 e. The molecule has 29 heavy (non-hydrogen) atoms. The van der Waals surface area contributed by atoms with Crippen molar-refractivity contribution in [2.75, 3.05) is 19.3 Å². The predicted molar refractivity (Wildman–Crippen MR) is 119 cm³/mol. The molecule has 0 spiro atoms. The van der Waals surface area contributed by atoms with Crippen LogP contribution in [-0.2, 0) is 13.9 Å². The summed E-state index contributed by atoms with van der Waals surface area (Å²) in [6.07, 6.45) is 17.0. The molecule has 1 amide bonds. The fourth-order valence-electron chi connectivity index (χ4n) is 3.60. The molecule has 1 aromatic heterocycles. The van der Waals surface area contributed by atoms with Gasteiger partial charge in [0.2, 0.25) is 5.91 Å². The van der Waals surface area contributed by atoms with Crippen molar-refractivity contribution in [1.82, 2.24) is 15.4 Å². The second-order valence-corrected chi connectivity index (χ2v) is 9.91. The van der Waals surface area contributed by atoms with Gasteiger partial charge in [0.05, 0.1) is 6.61 Å². The van der Waals surface area contributed by atoms with E-state index in [1.165, 1.54) is 25.3 Å². The van der Waals surface area contributed by atoms with Gasteiger partial charge in [0, 0.05) is 37.2 Å². The van der Waals surface area contributed by atoms with Crippen LogP contribution >= 0.6 is 7.52 Å². The second-order valence-electron chi connectivity index (χ2n) is 7.60. The van der Waals surface area contributed by atoms with E-state index in [2.05, 4.69) is 15.4 Å². The number of aromatic nitrogens is 1. The molecule has 6 nitrogen and oxygen atoms in total. The minimum absolute atomic E-state index is 0.0913. The summed E-state index contributed by atoms with van der Waals surface area (Å²) in [5.41, 5.74) is 0.906. The largest absolute Gasteiger partial charge is 0.353 e. The quantitative estimate of drug-likeness (QED) is 0.268. The van der Waals surface area contributed by atoms with E-state index in [-0.39, 0.29) is 5.91 Å². The van der Waals surface area contributed by atoms with Crippen molar-refractivity contribution in [2.45, 2.75) is 70.8 Å². The summed E-state index contributed by atoms with van der Waals surface area (Å²) in [6, 6.07) is 4.09. The average Bonchev–Trinajstić information content (AvgIpc) is 2.73. The first-order valence-corrected chi connectivity index (χ1v) is 12.8. The smallest absolute Gasteiger partial charge is 0.270 e. The fourth-order valence-corrected chi connectivity index (χ4v) is 5.80. The lowest BCUT2D eigenvalue weighted by atomic mass is 9.96. The lowest BCUT2D eigenvalue weighted by molar-refractivity contribution is -0.116. The van der Waals surface area contributed by atoms with E-state index in [1.807, 2.05) is 19.1 Å². The molecule has 1 heterocycles. The number of unbranched alkanes of at least 4 members (excludes halogenated alkanes) is 3. The van der Waals surface area contributed by atoms with Gasteiger partial charge in [-0.1, -0.05) is 38.2 Å². The van der Waals surface area contributed by atoms with Gasteiger partial charge in [0.1, 0.15) is 0 Å². The summed E-state index contributed by atoms with van der Waals surface area (Å²) < 4.78 is 18.7. The number of nitrogens with one attached hydrogen (secondary N) is 2. The van der Waals surface area contributed by atoms with E-state index in [0.717, 1.165) is 44.1 Å². The van der Waals surface area contributed by atoms with Crippen LogP contribution in [0.3, 0.4) is 0 Å². The van der Waals surface area contributed by atoms with Gasteiger partial charge < -0.3 is 9.84 Å². The molecule has 0 bridgehead atoms. The van der Waals surface area contributed by atoms with Crippen molar-refractivity contribution in [2.24, 2.45) is 0 Å². The lowest BCUT2D eigenvalue weighted by Gasteiger charge is -2.28. The van der Waals surface area contributed by atoms with Gasteiger partial charge in [-0.05, 0) is 50.3 Å². The van der Waals surface area contributed by atoms with Gasteiger partial charge in [0.25, 0.3) is 7.52 Å². The zero-order valence-electron chi connectivity index (χ0n) is 17.6. The topological polar surface area (TPSA) is 80.3 Å². The molecule has 1 aliphatic rings. The summed E-state index contributed by atoms with van der Waals surface area (Å²) in [6.45, 7) is 3.04. The van der Waals surface area contributed by atoms with Crippen molar-refractivity contribution in [1.29, 1.82) is 0 Å². The molecule has 1 saturated carbocycles. The van der Waals surface area contributed by atoms with E-state index >= 15 is 0 Å². The van der Waals surface area contributed by atoms with E-state index < -0.39 is 7.52 Å². The molecule has 1 unspecified atom stereocenters. The van der Waals surface area contributed by atoms with E-state index in [1.54, 1.807) is 18.5 Å². The third kappa shape index (κ3) is 10.2. The van der Waals surface area contributed by atoms with Crippen molar-refractivity contribution >= 4 is 19.5 Å². The van der Waals surface area contributed by atoms with Crippen LogP contribution in [0.25, 0.3) is 6.08 Å². The maximum absolute atomic E-state index is 13.0. The van der Waals surface area contributed by atoms with E-state index in [4.69, 9.17) is 4.52 Å². The van der Waals surface area contributed by atoms with Crippen LogP contribution in [0.2, 0.25) is 0 Å².